The van der Waals surface area contributed by atoms with Crippen molar-refractivity contribution in [3.63, 3.8) is 0 Å². The average molecular weight is 288 g/mol. The van der Waals surface area contributed by atoms with Crippen molar-refractivity contribution < 1.29 is 4.74 Å². The first-order chi connectivity index (χ1) is 10.0. The Morgan fingerprint density at radius 1 is 1.33 bits per heavy atom. The Balaban J connectivity index is 1.90. The molecule has 1 N–H and O–H groups in total. The summed E-state index contributed by atoms with van der Waals surface area (Å²) >= 11 is 0. The molecule has 0 aliphatic heterocycles. The Kier molecular flexibility index (Phi) is 5.22. The summed E-state index contributed by atoms with van der Waals surface area (Å²) in [6.45, 7) is 4.39. The van der Waals surface area contributed by atoms with E-state index in [1.165, 1.54) is 5.56 Å². The highest BCUT2D eigenvalue weighted by molar-refractivity contribution is 5.48. The van der Waals surface area contributed by atoms with E-state index in [4.69, 9.17) is 4.74 Å². The molecule has 0 saturated carbocycles. The van der Waals surface area contributed by atoms with Crippen molar-refractivity contribution >= 4 is 5.69 Å². The van der Waals surface area contributed by atoms with Crippen LogP contribution in [0.4, 0.5) is 5.69 Å². The molecule has 2 aromatic rings. The van der Waals surface area contributed by atoms with Crippen LogP contribution in [0.25, 0.3) is 0 Å². The molecule has 114 valence electrons. The second-order valence-corrected chi connectivity index (χ2v) is 5.45. The monoisotopic (exact) mass is 288 g/mol. The van der Waals surface area contributed by atoms with E-state index in [1.807, 2.05) is 63.2 Å². The van der Waals surface area contributed by atoms with E-state index in [-0.39, 0.29) is 0 Å². The van der Waals surface area contributed by atoms with Crippen LogP contribution in [0.15, 0.2) is 30.5 Å². The third kappa shape index (κ3) is 4.79. The van der Waals surface area contributed by atoms with Gasteiger partial charge in [-0.2, -0.15) is 5.10 Å². The van der Waals surface area contributed by atoms with E-state index >= 15 is 0 Å². The lowest BCUT2D eigenvalue weighted by Crippen LogP contribution is -2.19. The SMILES string of the molecule is Cc1nn(C)cc1CNc1cccc(OCCN(C)C)c1. The normalized spacial score (nSPS) is 10.9. The smallest absolute Gasteiger partial charge is 0.121 e. The summed E-state index contributed by atoms with van der Waals surface area (Å²) in [5, 5.41) is 7.76. The molecular weight excluding hydrogens is 264 g/mol. The summed E-state index contributed by atoms with van der Waals surface area (Å²) in [6, 6.07) is 8.06. The summed E-state index contributed by atoms with van der Waals surface area (Å²) in [6.07, 6.45) is 2.04. The number of hydrogen-bond acceptors (Lipinski definition) is 4. The van der Waals surface area contributed by atoms with E-state index in [2.05, 4.69) is 15.3 Å². The average Bonchev–Trinajstić information content (AvgIpc) is 2.75. The quantitative estimate of drug-likeness (QED) is 0.849. The van der Waals surface area contributed by atoms with Crippen LogP contribution < -0.4 is 10.1 Å². The first-order valence-corrected chi connectivity index (χ1v) is 7.15. The maximum absolute atomic E-state index is 5.74. The number of benzene rings is 1. The van der Waals surface area contributed by atoms with Gasteiger partial charge in [-0.3, -0.25) is 4.68 Å². The standard InChI is InChI=1S/C16H24N4O/c1-13-14(12-20(4)18-13)11-17-15-6-5-7-16(10-15)21-9-8-19(2)3/h5-7,10,12,17H,8-9,11H2,1-4H3. The van der Waals surface area contributed by atoms with Gasteiger partial charge in [0.15, 0.2) is 0 Å². The van der Waals surface area contributed by atoms with Crippen molar-refractivity contribution in [2.75, 3.05) is 32.6 Å². The van der Waals surface area contributed by atoms with E-state index in [9.17, 15) is 0 Å². The van der Waals surface area contributed by atoms with Crippen LogP contribution in [0.3, 0.4) is 0 Å². The fraction of sp³-hybridized carbons (Fsp3) is 0.438. The number of rotatable bonds is 7. The highest BCUT2D eigenvalue weighted by Gasteiger charge is 2.03. The molecule has 0 amide bonds. The molecular formula is C16H24N4O. The summed E-state index contributed by atoms with van der Waals surface area (Å²) in [5.74, 6) is 0.893. The number of aromatic nitrogens is 2. The van der Waals surface area contributed by atoms with Gasteiger partial charge in [-0.25, -0.2) is 0 Å². The molecule has 0 atom stereocenters. The van der Waals surface area contributed by atoms with Crippen molar-refractivity contribution in [2.24, 2.45) is 7.05 Å². The molecule has 0 spiro atoms. The van der Waals surface area contributed by atoms with E-state index in [0.717, 1.165) is 30.2 Å². The zero-order valence-corrected chi connectivity index (χ0v) is 13.3. The van der Waals surface area contributed by atoms with Crippen LogP contribution in [0.2, 0.25) is 0 Å². The highest BCUT2D eigenvalue weighted by atomic mass is 16.5. The van der Waals surface area contributed by atoms with E-state index < -0.39 is 0 Å². The summed E-state index contributed by atoms with van der Waals surface area (Å²) in [4.78, 5) is 2.10. The van der Waals surface area contributed by atoms with Crippen LogP contribution in [-0.2, 0) is 13.6 Å². The molecule has 1 aromatic heterocycles. The Morgan fingerprint density at radius 3 is 2.81 bits per heavy atom. The Morgan fingerprint density at radius 2 is 2.14 bits per heavy atom. The predicted molar refractivity (Wildman–Crippen MR) is 85.8 cm³/mol. The van der Waals surface area contributed by atoms with Crippen molar-refractivity contribution in [1.82, 2.24) is 14.7 Å². The molecule has 0 saturated heterocycles. The molecule has 0 fully saturated rings. The topological polar surface area (TPSA) is 42.3 Å². The zero-order chi connectivity index (χ0) is 15.2. The molecule has 0 radical (unpaired) electrons. The van der Waals surface area contributed by atoms with Gasteiger partial charge >= 0.3 is 0 Å². The first kappa shape index (κ1) is 15.4. The Bertz CT molecular complexity index is 577. The largest absolute Gasteiger partial charge is 0.492 e. The number of ether oxygens (including phenoxy) is 1. The Hall–Kier alpha value is -2.01. The molecule has 1 heterocycles. The van der Waals surface area contributed by atoms with E-state index in [0.29, 0.717) is 6.61 Å². The van der Waals surface area contributed by atoms with Crippen molar-refractivity contribution in [1.29, 1.82) is 0 Å². The van der Waals surface area contributed by atoms with Gasteiger partial charge in [0, 0.05) is 43.7 Å². The van der Waals surface area contributed by atoms with Crippen LogP contribution in [0, 0.1) is 6.92 Å². The number of hydrogen-bond donors (Lipinski definition) is 1. The molecule has 2 rings (SSSR count). The molecule has 21 heavy (non-hydrogen) atoms. The lowest BCUT2D eigenvalue weighted by Gasteiger charge is -2.12. The van der Waals surface area contributed by atoms with Gasteiger partial charge in [0.2, 0.25) is 0 Å². The van der Waals surface area contributed by atoms with Crippen molar-refractivity contribution in [3.8, 4) is 5.75 Å². The van der Waals surface area contributed by atoms with Crippen LogP contribution in [0.5, 0.6) is 5.75 Å². The van der Waals surface area contributed by atoms with Gasteiger partial charge in [-0.05, 0) is 33.2 Å². The summed E-state index contributed by atoms with van der Waals surface area (Å²) < 4.78 is 7.58. The van der Waals surface area contributed by atoms with Gasteiger partial charge in [-0.1, -0.05) is 6.07 Å². The van der Waals surface area contributed by atoms with Gasteiger partial charge in [0.05, 0.1) is 5.69 Å². The molecule has 1 aromatic carbocycles. The zero-order valence-electron chi connectivity index (χ0n) is 13.3. The van der Waals surface area contributed by atoms with Crippen molar-refractivity contribution in [3.05, 3.63) is 41.7 Å². The highest BCUT2D eigenvalue weighted by Crippen LogP contribution is 2.18. The summed E-state index contributed by atoms with van der Waals surface area (Å²) in [5.41, 5.74) is 3.32. The number of aryl methyl sites for hydroxylation is 2. The van der Waals surface area contributed by atoms with Gasteiger partial charge in [-0.15, -0.1) is 0 Å². The molecule has 0 unspecified atom stereocenters. The van der Waals surface area contributed by atoms with Crippen LogP contribution in [0.1, 0.15) is 11.3 Å². The van der Waals surface area contributed by atoms with Crippen LogP contribution in [-0.4, -0.2) is 41.9 Å². The maximum Gasteiger partial charge on any atom is 0.121 e. The van der Waals surface area contributed by atoms with Gasteiger partial charge < -0.3 is 15.0 Å². The number of anilines is 1. The number of nitrogens with one attached hydrogen (secondary N) is 1. The van der Waals surface area contributed by atoms with Gasteiger partial charge in [0.25, 0.3) is 0 Å². The minimum absolute atomic E-state index is 0.693. The second-order valence-electron chi connectivity index (χ2n) is 5.45. The minimum Gasteiger partial charge on any atom is -0.492 e. The predicted octanol–water partition coefficient (Wildman–Crippen LogP) is 2.28. The minimum atomic E-state index is 0.693. The molecule has 0 bridgehead atoms. The fourth-order valence-electron chi connectivity index (χ4n) is 2.06. The second kappa shape index (κ2) is 7.13. The fourth-order valence-corrected chi connectivity index (χ4v) is 2.06. The molecule has 0 aliphatic carbocycles. The lowest BCUT2D eigenvalue weighted by atomic mass is 10.2. The third-order valence-electron chi connectivity index (χ3n) is 3.24. The molecule has 5 nitrogen and oxygen atoms in total. The van der Waals surface area contributed by atoms with Crippen LogP contribution >= 0.6 is 0 Å². The first-order valence-electron chi connectivity index (χ1n) is 7.15. The third-order valence-corrected chi connectivity index (χ3v) is 3.24. The summed E-state index contributed by atoms with van der Waals surface area (Å²) in [7, 11) is 6.02. The number of nitrogens with zero attached hydrogens (tertiary/aromatic N) is 3. The van der Waals surface area contributed by atoms with Crippen molar-refractivity contribution in [2.45, 2.75) is 13.5 Å². The number of likely N-dealkylation sites (N-methyl/N-ethyl adjacent to an activating group) is 1. The van der Waals surface area contributed by atoms with E-state index in [1.54, 1.807) is 0 Å². The molecule has 5 heteroatoms. The lowest BCUT2D eigenvalue weighted by molar-refractivity contribution is 0.261. The Labute approximate surface area is 126 Å². The molecule has 0 aliphatic rings. The maximum atomic E-state index is 5.74. The van der Waals surface area contributed by atoms with Gasteiger partial charge in [0.1, 0.15) is 12.4 Å².